The van der Waals surface area contributed by atoms with Crippen molar-refractivity contribution < 1.29 is 4.74 Å². The van der Waals surface area contributed by atoms with Crippen LogP contribution in [0.2, 0.25) is 10.0 Å². The van der Waals surface area contributed by atoms with Crippen LogP contribution < -0.4 is 15.8 Å². The average Bonchev–Trinajstić information content (AvgIpc) is 2.99. The molecule has 22 heavy (non-hydrogen) atoms. The number of halogens is 2. The van der Waals surface area contributed by atoms with Gasteiger partial charge in [0, 0.05) is 24.0 Å². The van der Waals surface area contributed by atoms with Crippen molar-refractivity contribution in [3.05, 3.63) is 44.7 Å². The molecule has 0 aromatic carbocycles. The van der Waals surface area contributed by atoms with Gasteiger partial charge in [0.25, 0.3) is 0 Å². The molecule has 0 bridgehead atoms. The fourth-order valence-electron chi connectivity index (χ4n) is 1.63. The van der Waals surface area contributed by atoms with Gasteiger partial charge in [-0.3, -0.25) is 4.99 Å². The van der Waals surface area contributed by atoms with E-state index in [0.29, 0.717) is 41.6 Å². The Morgan fingerprint density at radius 3 is 3.05 bits per heavy atom. The standard InChI is InChI=1S/C14H16Cl2N4OS/c15-10-8-12(16)13(20-9-10)21-6-5-19-14(17)18-4-3-11-2-1-7-22-11/h1-2,7-9H,3-6H2,(H3,17,18,19). The van der Waals surface area contributed by atoms with Crippen molar-refractivity contribution in [3.63, 3.8) is 0 Å². The van der Waals surface area contributed by atoms with Crippen molar-refractivity contribution in [1.29, 1.82) is 0 Å². The van der Waals surface area contributed by atoms with Crippen LogP contribution in [-0.4, -0.2) is 30.6 Å². The molecule has 0 amide bonds. The Morgan fingerprint density at radius 2 is 2.32 bits per heavy atom. The van der Waals surface area contributed by atoms with Gasteiger partial charge < -0.3 is 15.8 Å². The molecule has 0 aliphatic rings. The predicted octanol–water partition coefficient (Wildman–Crippen LogP) is 2.98. The zero-order valence-corrected chi connectivity index (χ0v) is 14.1. The van der Waals surface area contributed by atoms with Crippen molar-refractivity contribution >= 4 is 40.5 Å². The van der Waals surface area contributed by atoms with Gasteiger partial charge in [-0.15, -0.1) is 11.3 Å². The van der Waals surface area contributed by atoms with Crippen molar-refractivity contribution in [1.82, 2.24) is 10.3 Å². The van der Waals surface area contributed by atoms with Gasteiger partial charge in [-0.1, -0.05) is 29.3 Å². The molecule has 0 unspecified atom stereocenters. The summed E-state index contributed by atoms with van der Waals surface area (Å²) in [5, 5.41) is 5.87. The summed E-state index contributed by atoms with van der Waals surface area (Å²) in [5.41, 5.74) is 5.77. The van der Waals surface area contributed by atoms with E-state index >= 15 is 0 Å². The molecule has 0 atom stereocenters. The zero-order chi connectivity index (χ0) is 15.8. The van der Waals surface area contributed by atoms with E-state index in [1.165, 1.54) is 11.1 Å². The van der Waals surface area contributed by atoms with Crippen LogP contribution in [-0.2, 0) is 6.42 Å². The van der Waals surface area contributed by atoms with Crippen LogP contribution in [0, 0.1) is 0 Å². The van der Waals surface area contributed by atoms with E-state index in [-0.39, 0.29) is 0 Å². The number of aromatic nitrogens is 1. The van der Waals surface area contributed by atoms with Gasteiger partial charge >= 0.3 is 0 Å². The quantitative estimate of drug-likeness (QED) is 0.453. The molecule has 5 nitrogen and oxygen atoms in total. The van der Waals surface area contributed by atoms with Crippen LogP contribution in [0.15, 0.2) is 34.8 Å². The Hall–Kier alpha value is -1.50. The monoisotopic (exact) mass is 358 g/mol. The summed E-state index contributed by atoms with van der Waals surface area (Å²) >= 11 is 13.4. The number of pyridine rings is 1. The minimum absolute atomic E-state index is 0.348. The van der Waals surface area contributed by atoms with Crippen LogP contribution >= 0.6 is 34.5 Å². The van der Waals surface area contributed by atoms with Gasteiger partial charge in [0.05, 0.1) is 11.6 Å². The van der Waals surface area contributed by atoms with Crippen LogP contribution in [0.25, 0.3) is 0 Å². The third kappa shape index (κ3) is 5.71. The molecule has 0 saturated carbocycles. The molecule has 2 rings (SSSR count). The Morgan fingerprint density at radius 1 is 1.45 bits per heavy atom. The van der Waals surface area contributed by atoms with Gasteiger partial charge in [-0.2, -0.15) is 0 Å². The molecule has 2 aromatic heterocycles. The number of aliphatic imine (C=N–C) groups is 1. The summed E-state index contributed by atoms with van der Waals surface area (Å²) < 4.78 is 5.43. The van der Waals surface area contributed by atoms with Crippen LogP contribution in [0.5, 0.6) is 5.88 Å². The number of nitrogens with one attached hydrogen (secondary N) is 1. The normalized spacial score (nSPS) is 11.5. The summed E-state index contributed by atoms with van der Waals surface area (Å²) in [6, 6.07) is 5.69. The molecule has 0 spiro atoms. The first-order valence-electron chi connectivity index (χ1n) is 6.65. The van der Waals surface area contributed by atoms with Crippen molar-refractivity contribution in [2.75, 3.05) is 19.7 Å². The Bertz CT molecular complexity index is 619. The number of hydrogen-bond donors (Lipinski definition) is 2. The first kappa shape index (κ1) is 16.9. The van der Waals surface area contributed by atoms with Gasteiger partial charge in [0.1, 0.15) is 11.6 Å². The van der Waals surface area contributed by atoms with Gasteiger partial charge in [-0.05, 0) is 17.5 Å². The molecule has 0 aliphatic heterocycles. The van der Waals surface area contributed by atoms with Crippen LogP contribution in [0.4, 0.5) is 0 Å². The van der Waals surface area contributed by atoms with Gasteiger partial charge in [-0.25, -0.2) is 4.98 Å². The maximum atomic E-state index is 5.95. The predicted molar refractivity (Wildman–Crippen MR) is 92.3 cm³/mol. The summed E-state index contributed by atoms with van der Waals surface area (Å²) in [6.45, 7) is 1.54. The molecule has 3 N–H and O–H groups in total. The zero-order valence-electron chi connectivity index (χ0n) is 11.8. The first-order chi connectivity index (χ1) is 10.6. The lowest BCUT2D eigenvalue weighted by Crippen LogP contribution is -2.35. The molecule has 0 radical (unpaired) electrons. The molecule has 0 saturated heterocycles. The molecule has 2 aromatic rings. The van der Waals surface area contributed by atoms with E-state index in [0.717, 1.165) is 6.42 Å². The maximum Gasteiger partial charge on any atom is 0.232 e. The second-order valence-electron chi connectivity index (χ2n) is 4.31. The number of ether oxygens (including phenoxy) is 1. The Kier molecular flexibility index (Phi) is 6.76. The lowest BCUT2D eigenvalue weighted by molar-refractivity contribution is 0.310. The second kappa shape index (κ2) is 8.82. The van der Waals surface area contributed by atoms with Crippen LogP contribution in [0.1, 0.15) is 4.88 Å². The lowest BCUT2D eigenvalue weighted by Gasteiger charge is -2.08. The number of guanidine groups is 1. The van der Waals surface area contributed by atoms with E-state index in [2.05, 4.69) is 21.4 Å². The van der Waals surface area contributed by atoms with Gasteiger partial charge in [0.15, 0.2) is 5.96 Å². The van der Waals surface area contributed by atoms with E-state index in [9.17, 15) is 0 Å². The highest BCUT2D eigenvalue weighted by Gasteiger charge is 2.03. The minimum Gasteiger partial charge on any atom is -0.475 e. The number of hydrogen-bond acceptors (Lipinski definition) is 4. The largest absolute Gasteiger partial charge is 0.475 e. The van der Waals surface area contributed by atoms with Gasteiger partial charge in [0.2, 0.25) is 5.88 Å². The highest BCUT2D eigenvalue weighted by atomic mass is 35.5. The Labute approximate surface area is 143 Å². The topological polar surface area (TPSA) is 72.5 Å². The molecule has 118 valence electrons. The molecule has 0 fully saturated rings. The Balaban J connectivity index is 1.65. The summed E-state index contributed by atoms with van der Waals surface area (Å²) in [6.07, 6.45) is 2.37. The molecular formula is C14H16Cl2N4OS. The maximum absolute atomic E-state index is 5.95. The second-order valence-corrected chi connectivity index (χ2v) is 6.19. The van der Waals surface area contributed by atoms with E-state index in [4.69, 9.17) is 33.7 Å². The third-order valence-corrected chi connectivity index (χ3v) is 4.06. The summed E-state index contributed by atoms with van der Waals surface area (Å²) in [4.78, 5) is 9.54. The average molecular weight is 359 g/mol. The smallest absolute Gasteiger partial charge is 0.232 e. The fraction of sp³-hybridized carbons (Fsp3) is 0.286. The summed E-state index contributed by atoms with van der Waals surface area (Å²) in [5.74, 6) is 0.747. The minimum atomic E-state index is 0.348. The van der Waals surface area contributed by atoms with E-state index in [1.54, 1.807) is 17.4 Å². The molecule has 0 aliphatic carbocycles. The van der Waals surface area contributed by atoms with Crippen molar-refractivity contribution in [2.45, 2.75) is 6.42 Å². The lowest BCUT2D eigenvalue weighted by atomic mass is 10.3. The van der Waals surface area contributed by atoms with E-state index in [1.807, 2.05) is 11.4 Å². The number of rotatable bonds is 7. The SMILES string of the molecule is NC(=NCCc1cccs1)NCCOc1ncc(Cl)cc1Cl. The number of nitrogens with zero attached hydrogens (tertiary/aromatic N) is 2. The molecular weight excluding hydrogens is 343 g/mol. The highest BCUT2D eigenvalue weighted by Crippen LogP contribution is 2.24. The number of nitrogens with two attached hydrogens (primary N) is 1. The molecule has 2 heterocycles. The fourth-order valence-corrected chi connectivity index (χ4v) is 2.77. The molecule has 8 heteroatoms. The summed E-state index contributed by atoms with van der Waals surface area (Å²) in [7, 11) is 0. The van der Waals surface area contributed by atoms with Crippen LogP contribution in [0.3, 0.4) is 0 Å². The van der Waals surface area contributed by atoms with Crippen molar-refractivity contribution in [2.24, 2.45) is 10.7 Å². The number of thiophene rings is 1. The third-order valence-electron chi connectivity index (χ3n) is 2.64. The first-order valence-corrected chi connectivity index (χ1v) is 8.28. The van der Waals surface area contributed by atoms with E-state index < -0.39 is 0 Å². The van der Waals surface area contributed by atoms with Crippen molar-refractivity contribution in [3.8, 4) is 5.88 Å². The highest BCUT2D eigenvalue weighted by molar-refractivity contribution is 7.09.